The van der Waals surface area contributed by atoms with Crippen LogP contribution < -0.4 is 10.2 Å². The monoisotopic (exact) mass is 481 g/mol. The van der Waals surface area contributed by atoms with E-state index >= 15 is 0 Å². The number of halogens is 2. The van der Waals surface area contributed by atoms with Gasteiger partial charge in [-0.2, -0.15) is 0 Å². The van der Waals surface area contributed by atoms with E-state index in [9.17, 15) is 14.5 Å². The number of amides is 2. The van der Waals surface area contributed by atoms with E-state index in [2.05, 4.69) is 10.6 Å². The summed E-state index contributed by atoms with van der Waals surface area (Å²) in [5.41, 5.74) is 5.14. The molecule has 10 heteroatoms. The first-order valence-corrected chi connectivity index (χ1v) is 11.3. The summed E-state index contributed by atoms with van der Waals surface area (Å²) in [5, 5.41) is 4.68. The molecule has 0 aromatic heterocycles. The number of hydrazine groups is 1. The van der Waals surface area contributed by atoms with Crippen LogP contribution in [0.4, 0.5) is 5.69 Å². The summed E-state index contributed by atoms with van der Waals surface area (Å²) < 4.78 is 5.72. The fourth-order valence-corrected chi connectivity index (χ4v) is 4.53. The third-order valence-corrected chi connectivity index (χ3v) is 6.70. The van der Waals surface area contributed by atoms with Crippen molar-refractivity contribution in [3.63, 3.8) is 0 Å². The first-order valence-electron chi connectivity index (χ1n) is 9.50. The number of hydrogen-bond donors (Lipinski definition) is 1. The Hall–Kier alpha value is -2.29. The smallest absolute Gasteiger partial charge is 0.276 e. The zero-order valence-corrected chi connectivity index (χ0v) is 19.5. The molecule has 164 valence electrons. The summed E-state index contributed by atoms with van der Waals surface area (Å²) in [6.45, 7) is 5.35. The van der Waals surface area contributed by atoms with Crippen LogP contribution >= 0.6 is 35.0 Å². The van der Waals surface area contributed by atoms with Gasteiger partial charge in [0.05, 0.1) is 15.8 Å². The van der Waals surface area contributed by atoms with Crippen LogP contribution in [0.15, 0.2) is 35.5 Å². The van der Waals surface area contributed by atoms with Gasteiger partial charge in [-0.05, 0) is 59.0 Å². The van der Waals surface area contributed by atoms with E-state index in [1.54, 1.807) is 37.3 Å². The molecular formula is C21H21Cl2N3O4S. The molecule has 0 spiro atoms. The molecule has 31 heavy (non-hydrogen) atoms. The van der Waals surface area contributed by atoms with Crippen LogP contribution in [0.3, 0.4) is 0 Å². The molecule has 2 aromatic rings. The van der Waals surface area contributed by atoms with E-state index in [4.69, 9.17) is 27.9 Å². The predicted octanol–water partition coefficient (Wildman–Crippen LogP) is 5.51. The summed E-state index contributed by atoms with van der Waals surface area (Å²) in [6.07, 6.45) is 0. The molecule has 1 saturated heterocycles. The van der Waals surface area contributed by atoms with Crippen molar-refractivity contribution in [2.75, 3.05) is 12.4 Å². The van der Waals surface area contributed by atoms with E-state index in [-0.39, 0.29) is 24.2 Å². The highest BCUT2D eigenvalue weighted by molar-refractivity contribution is 8.00. The standard InChI is InChI=1S/C21H21Cl2N3O4S/c1-11(2)14-8-17(25-29)12(3)6-18(14)30-9-19(27)24-26-20(28)10-31-21(26)13-4-5-15(22)16(23)7-13/h4-8,11,21H,9-10H2,1-3H3,(H,24,27). The van der Waals surface area contributed by atoms with Crippen molar-refractivity contribution in [3.8, 4) is 5.75 Å². The molecule has 0 radical (unpaired) electrons. The summed E-state index contributed by atoms with van der Waals surface area (Å²) >= 11 is 13.4. The molecule has 1 fully saturated rings. The van der Waals surface area contributed by atoms with E-state index in [1.165, 1.54) is 16.8 Å². The van der Waals surface area contributed by atoms with Gasteiger partial charge in [0.2, 0.25) is 0 Å². The molecule has 0 aliphatic carbocycles. The normalized spacial score (nSPS) is 16.0. The van der Waals surface area contributed by atoms with Crippen LogP contribution in [0.5, 0.6) is 5.75 Å². The zero-order valence-electron chi connectivity index (χ0n) is 17.1. The van der Waals surface area contributed by atoms with Crippen molar-refractivity contribution in [2.24, 2.45) is 5.18 Å². The van der Waals surface area contributed by atoms with Crippen LogP contribution in [0.25, 0.3) is 0 Å². The van der Waals surface area contributed by atoms with Crippen LogP contribution in [0.1, 0.15) is 41.8 Å². The predicted molar refractivity (Wildman–Crippen MR) is 123 cm³/mol. The lowest BCUT2D eigenvalue weighted by atomic mass is 9.99. The number of carbonyl (C=O) groups excluding carboxylic acids is 2. The summed E-state index contributed by atoms with van der Waals surface area (Å²) in [6, 6.07) is 8.45. The van der Waals surface area contributed by atoms with Crippen molar-refractivity contribution >= 4 is 52.5 Å². The Kier molecular flexibility index (Phi) is 7.46. The number of nitrogens with one attached hydrogen (secondary N) is 1. The van der Waals surface area contributed by atoms with E-state index in [1.807, 2.05) is 13.8 Å². The third kappa shape index (κ3) is 5.31. The molecule has 0 saturated carbocycles. The average molecular weight is 482 g/mol. The van der Waals surface area contributed by atoms with Crippen LogP contribution in [0.2, 0.25) is 10.0 Å². The lowest BCUT2D eigenvalue weighted by molar-refractivity contribution is -0.140. The number of nitrogens with zero attached hydrogens (tertiary/aromatic N) is 2. The Morgan fingerprint density at radius 1 is 1.29 bits per heavy atom. The van der Waals surface area contributed by atoms with Crippen molar-refractivity contribution < 1.29 is 14.3 Å². The number of thioether (sulfide) groups is 1. The largest absolute Gasteiger partial charge is 0.483 e. The van der Waals surface area contributed by atoms with Gasteiger partial charge in [-0.3, -0.25) is 15.0 Å². The quantitative estimate of drug-likeness (QED) is 0.526. The Bertz CT molecular complexity index is 1030. The summed E-state index contributed by atoms with van der Waals surface area (Å²) in [7, 11) is 0. The number of carbonyl (C=O) groups is 2. The molecule has 1 unspecified atom stereocenters. The molecule has 1 heterocycles. The number of hydrogen-bond acceptors (Lipinski definition) is 6. The first kappa shape index (κ1) is 23.4. The highest BCUT2D eigenvalue weighted by atomic mass is 35.5. The number of nitroso groups, excluding NO2 is 1. The Labute approximate surface area is 194 Å². The van der Waals surface area contributed by atoms with Crippen LogP contribution in [-0.4, -0.2) is 29.2 Å². The fourth-order valence-electron chi connectivity index (χ4n) is 3.13. The fraction of sp³-hybridized carbons (Fsp3) is 0.333. The van der Waals surface area contributed by atoms with Crippen molar-refractivity contribution in [3.05, 3.63) is 62.0 Å². The molecule has 1 N–H and O–H groups in total. The topological polar surface area (TPSA) is 88.1 Å². The molecule has 1 atom stereocenters. The Morgan fingerprint density at radius 3 is 2.68 bits per heavy atom. The minimum absolute atomic E-state index is 0.0646. The highest BCUT2D eigenvalue weighted by Gasteiger charge is 2.34. The van der Waals surface area contributed by atoms with E-state index in [0.717, 1.165) is 11.1 Å². The first-order chi connectivity index (χ1) is 14.7. The number of rotatable bonds is 7. The van der Waals surface area contributed by atoms with Gasteiger partial charge in [-0.25, -0.2) is 5.01 Å². The van der Waals surface area contributed by atoms with E-state index in [0.29, 0.717) is 27.0 Å². The summed E-state index contributed by atoms with van der Waals surface area (Å²) in [5.74, 6) is 0.0801. The van der Waals surface area contributed by atoms with Gasteiger partial charge in [0.1, 0.15) is 16.8 Å². The van der Waals surface area contributed by atoms with Gasteiger partial charge in [0.15, 0.2) is 6.61 Å². The molecule has 2 amide bonds. The van der Waals surface area contributed by atoms with Crippen LogP contribution in [0, 0.1) is 11.8 Å². The second-order valence-corrected chi connectivity index (χ2v) is 9.23. The van der Waals surface area contributed by atoms with Crippen molar-refractivity contribution in [1.29, 1.82) is 0 Å². The second-order valence-electron chi connectivity index (χ2n) is 7.35. The minimum atomic E-state index is -0.481. The molecular weight excluding hydrogens is 461 g/mol. The maximum absolute atomic E-state index is 12.6. The second kappa shape index (κ2) is 9.89. The molecule has 1 aliphatic rings. The lowest BCUT2D eigenvalue weighted by Gasteiger charge is -2.25. The molecule has 2 aromatic carbocycles. The molecule has 1 aliphatic heterocycles. The average Bonchev–Trinajstić information content (AvgIpc) is 3.08. The lowest BCUT2D eigenvalue weighted by Crippen LogP contribution is -2.46. The van der Waals surface area contributed by atoms with Gasteiger partial charge in [-0.15, -0.1) is 16.7 Å². The number of aryl methyl sites for hydroxylation is 1. The third-order valence-electron chi connectivity index (χ3n) is 4.75. The number of ether oxygens (including phenoxy) is 1. The van der Waals surface area contributed by atoms with Gasteiger partial charge < -0.3 is 4.74 Å². The minimum Gasteiger partial charge on any atom is -0.483 e. The Morgan fingerprint density at radius 2 is 2.03 bits per heavy atom. The van der Waals surface area contributed by atoms with Crippen molar-refractivity contribution in [2.45, 2.75) is 32.1 Å². The molecule has 3 rings (SSSR count). The molecule has 0 bridgehead atoms. The highest BCUT2D eigenvalue weighted by Crippen LogP contribution is 2.39. The maximum atomic E-state index is 12.6. The molecule has 7 nitrogen and oxygen atoms in total. The van der Waals surface area contributed by atoms with Gasteiger partial charge in [0.25, 0.3) is 11.8 Å². The van der Waals surface area contributed by atoms with Gasteiger partial charge in [0, 0.05) is 0 Å². The van der Waals surface area contributed by atoms with Crippen molar-refractivity contribution in [1.82, 2.24) is 10.4 Å². The SMILES string of the molecule is Cc1cc(OCC(=O)NN2C(=O)CSC2c2ccc(Cl)c(Cl)c2)c(C(C)C)cc1N=O. The van der Waals surface area contributed by atoms with Gasteiger partial charge in [-0.1, -0.05) is 43.1 Å². The van der Waals surface area contributed by atoms with Crippen LogP contribution in [-0.2, 0) is 9.59 Å². The maximum Gasteiger partial charge on any atom is 0.276 e. The number of benzene rings is 2. The zero-order chi connectivity index (χ0) is 22.7. The van der Waals surface area contributed by atoms with E-state index < -0.39 is 11.3 Å². The summed E-state index contributed by atoms with van der Waals surface area (Å²) in [4.78, 5) is 35.9. The van der Waals surface area contributed by atoms with Gasteiger partial charge >= 0.3 is 0 Å². The Balaban J connectivity index is 1.71.